The maximum absolute atomic E-state index is 3.22. The van der Waals surface area contributed by atoms with Crippen molar-refractivity contribution in [2.24, 2.45) is 5.92 Å². The fourth-order valence-electron chi connectivity index (χ4n) is 2.52. The second-order valence-electron chi connectivity index (χ2n) is 5.36. The lowest BCUT2D eigenvalue weighted by atomic mass is 10.0. The Kier molecular flexibility index (Phi) is 7.76. The van der Waals surface area contributed by atoms with Gasteiger partial charge in [0.2, 0.25) is 0 Å². The first-order valence-electron chi connectivity index (χ1n) is 7.68. The number of hydrogen-bond donors (Lipinski definition) is 1. The molecule has 1 aromatic rings. The molecule has 0 fully saturated rings. The van der Waals surface area contributed by atoms with Crippen molar-refractivity contribution < 1.29 is 0 Å². The van der Waals surface area contributed by atoms with E-state index in [9.17, 15) is 0 Å². The minimum absolute atomic E-state index is 0.834. The Hall–Kier alpha value is -0.860. The molecule has 0 aliphatic heterocycles. The molecule has 0 amide bonds. The third kappa shape index (κ3) is 5.75. The third-order valence-electron chi connectivity index (χ3n) is 3.90. The molecule has 0 bridgehead atoms. The molecule has 0 radical (unpaired) electrons. The number of nitrogens with one attached hydrogen (secondary N) is 1. The number of hydrogen-bond acceptors (Lipinski definition) is 2. The zero-order valence-corrected chi connectivity index (χ0v) is 13.1. The lowest BCUT2D eigenvalue weighted by molar-refractivity contribution is 0.226. The average Bonchev–Trinajstić information content (AvgIpc) is 2.44. The summed E-state index contributed by atoms with van der Waals surface area (Å²) in [5.74, 6) is 0.834. The highest BCUT2D eigenvalue weighted by molar-refractivity contribution is 5.23. The van der Waals surface area contributed by atoms with Gasteiger partial charge in [0.1, 0.15) is 0 Å². The van der Waals surface area contributed by atoms with Crippen molar-refractivity contribution in [2.75, 3.05) is 20.1 Å². The van der Waals surface area contributed by atoms with Crippen LogP contribution in [0.3, 0.4) is 0 Å². The van der Waals surface area contributed by atoms with Crippen LogP contribution >= 0.6 is 0 Å². The van der Waals surface area contributed by atoms with E-state index in [-0.39, 0.29) is 0 Å². The van der Waals surface area contributed by atoms with Crippen molar-refractivity contribution in [2.45, 2.75) is 46.7 Å². The largest absolute Gasteiger partial charge is 0.316 e. The average molecular weight is 262 g/mol. The van der Waals surface area contributed by atoms with Crippen LogP contribution in [0.15, 0.2) is 24.3 Å². The van der Waals surface area contributed by atoms with Gasteiger partial charge >= 0.3 is 0 Å². The first-order valence-corrected chi connectivity index (χ1v) is 7.68. The van der Waals surface area contributed by atoms with Crippen LogP contribution in [-0.2, 0) is 13.1 Å². The van der Waals surface area contributed by atoms with Crippen molar-refractivity contribution in [1.29, 1.82) is 0 Å². The summed E-state index contributed by atoms with van der Waals surface area (Å²) < 4.78 is 0. The molecule has 2 heteroatoms. The molecule has 108 valence electrons. The van der Waals surface area contributed by atoms with E-state index in [1.165, 1.54) is 30.5 Å². The highest BCUT2D eigenvalue weighted by Gasteiger charge is 2.10. The minimum atomic E-state index is 0.834. The summed E-state index contributed by atoms with van der Waals surface area (Å²) in [7, 11) is 2.00. The molecule has 0 saturated heterocycles. The molecular weight excluding hydrogens is 232 g/mol. The van der Waals surface area contributed by atoms with Gasteiger partial charge in [-0.15, -0.1) is 0 Å². The molecule has 2 nitrogen and oxygen atoms in total. The van der Waals surface area contributed by atoms with Crippen LogP contribution in [0.25, 0.3) is 0 Å². The first-order chi connectivity index (χ1) is 9.23. The van der Waals surface area contributed by atoms with Crippen LogP contribution in [0, 0.1) is 5.92 Å². The van der Waals surface area contributed by atoms with E-state index in [0.29, 0.717) is 0 Å². The summed E-state index contributed by atoms with van der Waals surface area (Å²) in [5.41, 5.74) is 2.80. The van der Waals surface area contributed by atoms with E-state index < -0.39 is 0 Å². The Morgan fingerprint density at radius 3 is 2.37 bits per heavy atom. The molecule has 0 aliphatic rings. The molecule has 0 heterocycles. The Morgan fingerprint density at radius 1 is 1.11 bits per heavy atom. The Bertz CT molecular complexity index is 345. The van der Waals surface area contributed by atoms with Crippen molar-refractivity contribution in [3.05, 3.63) is 35.4 Å². The van der Waals surface area contributed by atoms with Crippen molar-refractivity contribution in [3.63, 3.8) is 0 Å². The smallest absolute Gasteiger partial charge is 0.0233 e. The van der Waals surface area contributed by atoms with E-state index >= 15 is 0 Å². The number of rotatable bonds is 9. The van der Waals surface area contributed by atoms with E-state index in [4.69, 9.17) is 0 Å². The minimum Gasteiger partial charge on any atom is -0.316 e. The molecule has 0 spiro atoms. The molecule has 0 saturated carbocycles. The van der Waals surface area contributed by atoms with Crippen molar-refractivity contribution in [3.8, 4) is 0 Å². The lowest BCUT2D eigenvalue weighted by Crippen LogP contribution is -2.28. The SMILES string of the molecule is CCC(CC)CN(CC)Cc1cccc(CNC)c1. The van der Waals surface area contributed by atoms with Gasteiger partial charge in [0.05, 0.1) is 0 Å². The Morgan fingerprint density at radius 2 is 1.79 bits per heavy atom. The van der Waals surface area contributed by atoms with Gasteiger partial charge in [-0.25, -0.2) is 0 Å². The summed E-state index contributed by atoms with van der Waals surface area (Å²) in [4.78, 5) is 2.57. The lowest BCUT2D eigenvalue weighted by Gasteiger charge is -2.25. The number of nitrogens with zero attached hydrogens (tertiary/aromatic N) is 1. The van der Waals surface area contributed by atoms with Crippen LogP contribution in [0.5, 0.6) is 0 Å². The summed E-state index contributed by atoms with van der Waals surface area (Å²) in [6, 6.07) is 8.94. The highest BCUT2D eigenvalue weighted by Crippen LogP contribution is 2.13. The Labute approximate surface area is 119 Å². The second kappa shape index (κ2) is 9.11. The maximum atomic E-state index is 3.22. The summed E-state index contributed by atoms with van der Waals surface area (Å²) in [6.45, 7) is 11.2. The van der Waals surface area contributed by atoms with Gasteiger partial charge in [-0.2, -0.15) is 0 Å². The first kappa shape index (κ1) is 16.2. The predicted octanol–water partition coefficient (Wildman–Crippen LogP) is 3.66. The van der Waals surface area contributed by atoms with Crippen molar-refractivity contribution >= 4 is 0 Å². The van der Waals surface area contributed by atoms with Gasteiger partial charge in [-0.3, -0.25) is 4.90 Å². The van der Waals surface area contributed by atoms with Gasteiger partial charge in [0, 0.05) is 19.6 Å². The second-order valence-corrected chi connectivity index (χ2v) is 5.36. The monoisotopic (exact) mass is 262 g/mol. The van der Waals surface area contributed by atoms with Crippen LogP contribution < -0.4 is 5.32 Å². The fraction of sp³-hybridized carbons (Fsp3) is 0.647. The van der Waals surface area contributed by atoms with E-state index in [1.807, 2.05) is 7.05 Å². The zero-order valence-electron chi connectivity index (χ0n) is 13.1. The topological polar surface area (TPSA) is 15.3 Å². The van der Waals surface area contributed by atoms with Gasteiger partial charge in [-0.1, -0.05) is 57.9 Å². The molecule has 19 heavy (non-hydrogen) atoms. The molecule has 1 N–H and O–H groups in total. The molecule has 0 atom stereocenters. The van der Waals surface area contributed by atoms with Crippen LogP contribution in [0.2, 0.25) is 0 Å². The molecule has 0 unspecified atom stereocenters. The summed E-state index contributed by atoms with van der Waals surface area (Å²) in [6.07, 6.45) is 2.57. The van der Waals surface area contributed by atoms with Crippen LogP contribution in [0.4, 0.5) is 0 Å². The van der Waals surface area contributed by atoms with Crippen molar-refractivity contribution in [1.82, 2.24) is 10.2 Å². The van der Waals surface area contributed by atoms with Gasteiger partial charge in [-0.05, 0) is 30.6 Å². The van der Waals surface area contributed by atoms with Crippen LogP contribution in [-0.4, -0.2) is 25.0 Å². The maximum Gasteiger partial charge on any atom is 0.0233 e. The zero-order chi connectivity index (χ0) is 14.1. The molecule has 1 rings (SSSR count). The normalized spacial score (nSPS) is 11.5. The van der Waals surface area contributed by atoms with Crippen LogP contribution in [0.1, 0.15) is 44.7 Å². The van der Waals surface area contributed by atoms with Gasteiger partial charge in [0.25, 0.3) is 0 Å². The predicted molar refractivity (Wildman–Crippen MR) is 84.2 cm³/mol. The van der Waals surface area contributed by atoms with Gasteiger partial charge in [0.15, 0.2) is 0 Å². The Balaban J connectivity index is 2.61. The summed E-state index contributed by atoms with van der Waals surface area (Å²) >= 11 is 0. The fourth-order valence-corrected chi connectivity index (χ4v) is 2.52. The number of benzene rings is 1. The molecular formula is C17H30N2. The third-order valence-corrected chi connectivity index (χ3v) is 3.90. The summed E-state index contributed by atoms with van der Waals surface area (Å²) in [5, 5.41) is 3.22. The van der Waals surface area contributed by atoms with E-state index in [2.05, 4.69) is 55.3 Å². The molecule has 0 aliphatic carbocycles. The van der Waals surface area contributed by atoms with E-state index in [1.54, 1.807) is 0 Å². The highest BCUT2D eigenvalue weighted by atomic mass is 15.1. The molecule has 0 aromatic heterocycles. The standard InChI is InChI=1S/C17H30N2/c1-5-15(6-2)13-19(7-3)14-17-10-8-9-16(11-17)12-18-4/h8-11,15,18H,5-7,12-14H2,1-4H3. The van der Waals surface area contributed by atoms with Gasteiger partial charge < -0.3 is 5.32 Å². The van der Waals surface area contributed by atoms with E-state index in [0.717, 1.165) is 25.6 Å². The quantitative estimate of drug-likeness (QED) is 0.730. The molecule has 1 aromatic carbocycles.